The van der Waals surface area contributed by atoms with Crippen molar-refractivity contribution in [3.8, 4) is 0 Å². The number of hydrogen-bond acceptors (Lipinski definition) is 5. The van der Waals surface area contributed by atoms with Crippen LogP contribution in [0.3, 0.4) is 0 Å². The van der Waals surface area contributed by atoms with E-state index in [1.807, 2.05) is 0 Å². The molecule has 2 aromatic rings. The lowest BCUT2D eigenvalue weighted by atomic mass is 10.1. The molecule has 27 heavy (non-hydrogen) atoms. The zero-order valence-electron chi connectivity index (χ0n) is 14.6. The van der Waals surface area contributed by atoms with Crippen molar-refractivity contribution < 1.29 is 18.9 Å². The van der Waals surface area contributed by atoms with Crippen molar-refractivity contribution in [2.45, 2.75) is 19.3 Å². The van der Waals surface area contributed by atoms with Gasteiger partial charge in [-0.05, 0) is 43.0 Å². The second-order valence-electron chi connectivity index (χ2n) is 6.19. The normalized spacial score (nSPS) is 14.7. The van der Waals surface area contributed by atoms with Gasteiger partial charge in [0.25, 0.3) is 17.5 Å². The number of benzene rings is 1. The summed E-state index contributed by atoms with van der Waals surface area (Å²) in [6.07, 6.45) is 5.69. The molecule has 0 radical (unpaired) electrons. The number of nitro benzene ring substituents is 1. The van der Waals surface area contributed by atoms with Crippen LogP contribution in [-0.2, 0) is 4.79 Å². The molecule has 1 saturated heterocycles. The molecular formula is C19H19N3O5. The van der Waals surface area contributed by atoms with Crippen molar-refractivity contribution in [3.05, 3.63) is 69.8 Å². The van der Waals surface area contributed by atoms with E-state index < -0.39 is 10.8 Å². The molecule has 2 amide bonds. The molecule has 1 N–H and O–H groups in total. The van der Waals surface area contributed by atoms with E-state index in [0.29, 0.717) is 18.7 Å². The van der Waals surface area contributed by atoms with Gasteiger partial charge in [-0.1, -0.05) is 12.1 Å². The Morgan fingerprint density at radius 1 is 1.15 bits per heavy atom. The number of amides is 2. The molecule has 1 aromatic heterocycles. The van der Waals surface area contributed by atoms with Crippen molar-refractivity contribution in [2.75, 3.05) is 13.1 Å². The summed E-state index contributed by atoms with van der Waals surface area (Å²) in [5.41, 5.74) is 0.411. The summed E-state index contributed by atoms with van der Waals surface area (Å²) in [5, 5.41) is 13.6. The Bertz CT molecular complexity index is 867. The van der Waals surface area contributed by atoms with Crippen molar-refractivity contribution in [1.82, 2.24) is 10.2 Å². The molecule has 0 spiro atoms. The second-order valence-corrected chi connectivity index (χ2v) is 6.19. The van der Waals surface area contributed by atoms with Gasteiger partial charge in [-0.3, -0.25) is 19.7 Å². The van der Waals surface area contributed by atoms with Gasteiger partial charge in [0.1, 0.15) is 5.70 Å². The molecule has 0 atom stereocenters. The Morgan fingerprint density at radius 2 is 1.93 bits per heavy atom. The summed E-state index contributed by atoms with van der Waals surface area (Å²) in [5.74, 6) is -0.797. The Hall–Kier alpha value is -3.42. The Morgan fingerprint density at radius 3 is 2.59 bits per heavy atom. The molecule has 2 heterocycles. The maximum atomic E-state index is 12.9. The van der Waals surface area contributed by atoms with Crippen molar-refractivity contribution in [1.29, 1.82) is 0 Å². The van der Waals surface area contributed by atoms with Gasteiger partial charge in [0.2, 0.25) is 0 Å². The fraction of sp³-hybridized carbons (Fsp3) is 0.263. The maximum Gasteiger partial charge on any atom is 0.291 e. The van der Waals surface area contributed by atoms with E-state index in [1.165, 1.54) is 36.6 Å². The van der Waals surface area contributed by atoms with Crippen molar-refractivity contribution >= 4 is 23.6 Å². The molecule has 8 heteroatoms. The minimum absolute atomic E-state index is 0.0544. The van der Waals surface area contributed by atoms with E-state index in [1.54, 1.807) is 17.0 Å². The minimum Gasteiger partial charge on any atom is -0.459 e. The summed E-state index contributed by atoms with van der Waals surface area (Å²) < 4.78 is 5.07. The first-order chi connectivity index (χ1) is 13.0. The van der Waals surface area contributed by atoms with Crippen LogP contribution in [-0.4, -0.2) is 34.7 Å². The summed E-state index contributed by atoms with van der Waals surface area (Å²) in [4.78, 5) is 37.4. The monoisotopic (exact) mass is 369 g/mol. The van der Waals surface area contributed by atoms with Crippen LogP contribution in [0.15, 0.2) is 52.8 Å². The predicted octanol–water partition coefficient (Wildman–Crippen LogP) is 2.97. The molecule has 1 aromatic carbocycles. The van der Waals surface area contributed by atoms with Crippen LogP contribution in [0.4, 0.5) is 5.69 Å². The number of nitro groups is 1. The van der Waals surface area contributed by atoms with Crippen LogP contribution in [0.1, 0.15) is 35.4 Å². The quantitative estimate of drug-likeness (QED) is 0.495. The highest BCUT2D eigenvalue weighted by Crippen LogP contribution is 2.18. The van der Waals surface area contributed by atoms with Crippen LogP contribution in [0.5, 0.6) is 0 Å². The van der Waals surface area contributed by atoms with Crippen LogP contribution in [0.2, 0.25) is 0 Å². The van der Waals surface area contributed by atoms with Crippen LogP contribution in [0.25, 0.3) is 6.08 Å². The highest BCUT2D eigenvalue weighted by atomic mass is 16.6. The van der Waals surface area contributed by atoms with Crippen molar-refractivity contribution in [3.63, 3.8) is 0 Å². The third-order valence-corrected chi connectivity index (χ3v) is 4.26. The highest BCUT2D eigenvalue weighted by molar-refractivity contribution is 6.04. The molecular weight excluding hydrogens is 350 g/mol. The van der Waals surface area contributed by atoms with Gasteiger partial charge in [0.15, 0.2) is 5.76 Å². The first kappa shape index (κ1) is 18.4. The Balaban J connectivity index is 1.90. The predicted molar refractivity (Wildman–Crippen MR) is 97.7 cm³/mol. The SMILES string of the molecule is O=C(N/C(=C\c1cccc([N+](=O)[O-])c1)C(=O)N1CCCCC1)c1ccco1. The molecule has 1 fully saturated rings. The Kier molecular flexibility index (Phi) is 5.65. The molecule has 1 aliphatic heterocycles. The average Bonchev–Trinajstić information content (AvgIpc) is 3.23. The first-order valence-corrected chi connectivity index (χ1v) is 8.65. The number of likely N-dealkylation sites (tertiary alicyclic amines) is 1. The molecule has 140 valence electrons. The van der Waals surface area contributed by atoms with Gasteiger partial charge >= 0.3 is 0 Å². The molecule has 3 rings (SSSR count). The van der Waals surface area contributed by atoms with E-state index in [9.17, 15) is 19.7 Å². The fourth-order valence-electron chi connectivity index (χ4n) is 2.91. The van der Waals surface area contributed by atoms with Gasteiger partial charge in [-0.2, -0.15) is 0 Å². The molecule has 8 nitrogen and oxygen atoms in total. The minimum atomic E-state index is -0.554. The molecule has 0 unspecified atom stereocenters. The largest absolute Gasteiger partial charge is 0.459 e. The summed E-state index contributed by atoms with van der Waals surface area (Å²) in [6.45, 7) is 1.23. The smallest absolute Gasteiger partial charge is 0.291 e. The number of nitrogens with one attached hydrogen (secondary N) is 1. The van der Waals surface area contributed by atoms with E-state index in [4.69, 9.17) is 4.42 Å². The van der Waals surface area contributed by atoms with E-state index >= 15 is 0 Å². The lowest BCUT2D eigenvalue weighted by Crippen LogP contribution is -2.41. The average molecular weight is 369 g/mol. The van der Waals surface area contributed by atoms with Crippen LogP contribution >= 0.6 is 0 Å². The zero-order valence-corrected chi connectivity index (χ0v) is 14.6. The summed E-state index contributed by atoms with van der Waals surface area (Å²) >= 11 is 0. The zero-order chi connectivity index (χ0) is 19.2. The number of carbonyl (C=O) groups is 2. The number of carbonyl (C=O) groups excluding carboxylic acids is 2. The highest BCUT2D eigenvalue weighted by Gasteiger charge is 2.23. The first-order valence-electron chi connectivity index (χ1n) is 8.65. The van der Waals surface area contributed by atoms with Gasteiger partial charge in [-0.15, -0.1) is 0 Å². The van der Waals surface area contributed by atoms with Crippen LogP contribution < -0.4 is 5.32 Å². The molecule has 0 bridgehead atoms. The lowest BCUT2D eigenvalue weighted by molar-refractivity contribution is -0.384. The standard InChI is InChI=1S/C19H19N3O5/c23-18(17-8-5-11-27-17)20-16(19(24)21-9-2-1-3-10-21)13-14-6-4-7-15(12-14)22(25)26/h4-8,11-13H,1-3,9-10H2,(H,20,23)/b16-13-. The van der Waals surface area contributed by atoms with Gasteiger partial charge < -0.3 is 14.6 Å². The van der Waals surface area contributed by atoms with E-state index in [-0.39, 0.29) is 23.1 Å². The molecule has 0 saturated carbocycles. The van der Waals surface area contributed by atoms with Crippen molar-refractivity contribution in [2.24, 2.45) is 0 Å². The van der Waals surface area contributed by atoms with E-state index in [0.717, 1.165) is 19.3 Å². The number of rotatable bonds is 5. The maximum absolute atomic E-state index is 12.9. The third kappa shape index (κ3) is 4.60. The van der Waals surface area contributed by atoms with Gasteiger partial charge in [0.05, 0.1) is 11.2 Å². The number of non-ortho nitro benzene ring substituents is 1. The fourth-order valence-corrected chi connectivity index (χ4v) is 2.91. The summed E-state index contributed by atoms with van der Waals surface area (Å²) in [7, 11) is 0. The number of nitrogens with zero attached hydrogens (tertiary/aromatic N) is 2. The number of piperidine rings is 1. The molecule has 0 aliphatic carbocycles. The Labute approximate surface area is 155 Å². The summed E-state index contributed by atoms with van der Waals surface area (Å²) in [6, 6.07) is 8.95. The third-order valence-electron chi connectivity index (χ3n) is 4.26. The van der Waals surface area contributed by atoms with E-state index in [2.05, 4.69) is 5.32 Å². The van der Waals surface area contributed by atoms with Gasteiger partial charge in [-0.25, -0.2) is 0 Å². The molecule has 1 aliphatic rings. The van der Waals surface area contributed by atoms with Crippen LogP contribution in [0, 0.1) is 10.1 Å². The van der Waals surface area contributed by atoms with Gasteiger partial charge in [0, 0.05) is 25.2 Å². The number of hydrogen-bond donors (Lipinski definition) is 1. The lowest BCUT2D eigenvalue weighted by Gasteiger charge is -2.27. The topological polar surface area (TPSA) is 106 Å². The number of furan rings is 1. The second kappa shape index (κ2) is 8.31.